The number of nitrogens with two attached hydrogens (primary N) is 2. The third kappa shape index (κ3) is 6.03. The molecule has 1 aliphatic rings. The number of aromatic nitrogens is 3. The van der Waals surface area contributed by atoms with Crippen LogP contribution in [0.4, 0.5) is 8.78 Å². The number of hydrogen-bond donors (Lipinski definition) is 2. The summed E-state index contributed by atoms with van der Waals surface area (Å²) in [4.78, 5) is 25.9. The molecule has 8 nitrogen and oxygen atoms in total. The Morgan fingerprint density at radius 2 is 2.11 bits per heavy atom. The van der Waals surface area contributed by atoms with Gasteiger partial charge < -0.3 is 20.9 Å². The number of halogens is 2. The smallest absolute Gasteiger partial charge is 0.297 e. The first-order valence-electron chi connectivity index (χ1n) is 9.27. The summed E-state index contributed by atoms with van der Waals surface area (Å²) in [7, 11) is 0. The lowest BCUT2D eigenvalue weighted by Crippen LogP contribution is -2.46. The predicted octanol–water partition coefficient (Wildman–Crippen LogP) is 0.652. The van der Waals surface area contributed by atoms with Crippen molar-refractivity contribution >= 4 is 11.7 Å². The topological polar surface area (TPSA) is 120 Å². The number of nitrogens with zero attached hydrogens (tertiary/aromatic N) is 4. The first-order chi connectivity index (χ1) is 12.8. The summed E-state index contributed by atoms with van der Waals surface area (Å²) < 4.78 is 27.1. The number of likely N-dealkylation sites (tertiary alicyclic amines) is 1. The van der Waals surface area contributed by atoms with E-state index in [0.29, 0.717) is 31.3 Å². The SMILES string of the molecule is C[C@H]1CCC(=O)N(C[C@@H](N)CC(=O)CCc2nnc(C(F)F)n2CCN)C1. The van der Waals surface area contributed by atoms with Gasteiger partial charge in [0.15, 0.2) is 5.82 Å². The molecule has 0 radical (unpaired) electrons. The number of alkyl halides is 2. The zero-order valence-corrected chi connectivity index (χ0v) is 15.6. The summed E-state index contributed by atoms with van der Waals surface area (Å²) in [5.41, 5.74) is 11.5. The van der Waals surface area contributed by atoms with Gasteiger partial charge in [0.25, 0.3) is 6.43 Å². The second-order valence-corrected chi connectivity index (χ2v) is 7.16. The van der Waals surface area contributed by atoms with Crippen molar-refractivity contribution in [1.82, 2.24) is 19.7 Å². The van der Waals surface area contributed by atoms with E-state index in [-0.39, 0.29) is 44.0 Å². The lowest BCUT2D eigenvalue weighted by atomic mass is 9.98. The van der Waals surface area contributed by atoms with Gasteiger partial charge in [-0.05, 0) is 12.3 Å². The average molecular weight is 386 g/mol. The monoisotopic (exact) mass is 386 g/mol. The van der Waals surface area contributed by atoms with Crippen molar-refractivity contribution in [3.63, 3.8) is 0 Å². The van der Waals surface area contributed by atoms with E-state index in [2.05, 4.69) is 17.1 Å². The zero-order valence-electron chi connectivity index (χ0n) is 15.6. The van der Waals surface area contributed by atoms with E-state index in [9.17, 15) is 18.4 Å². The molecule has 0 unspecified atom stereocenters. The second-order valence-electron chi connectivity index (χ2n) is 7.16. The Hall–Kier alpha value is -1.94. The number of rotatable bonds is 10. The maximum atomic E-state index is 12.9. The van der Waals surface area contributed by atoms with Crippen molar-refractivity contribution in [1.29, 1.82) is 0 Å². The van der Waals surface area contributed by atoms with Gasteiger partial charge in [-0.2, -0.15) is 0 Å². The highest BCUT2D eigenvalue weighted by Gasteiger charge is 2.25. The number of aryl methyl sites for hydroxylation is 1. The van der Waals surface area contributed by atoms with E-state index in [0.717, 1.165) is 6.42 Å². The molecule has 2 atom stereocenters. The van der Waals surface area contributed by atoms with Gasteiger partial charge in [0.05, 0.1) is 0 Å². The number of amides is 1. The molecule has 0 bridgehead atoms. The molecule has 1 aromatic rings. The minimum absolute atomic E-state index is 0.0745. The molecule has 10 heteroatoms. The second kappa shape index (κ2) is 9.84. The van der Waals surface area contributed by atoms with Gasteiger partial charge in [-0.15, -0.1) is 10.2 Å². The lowest BCUT2D eigenvalue weighted by Gasteiger charge is -2.32. The summed E-state index contributed by atoms with van der Waals surface area (Å²) in [5.74, 6) is 0.296. The summed E-state index contributed by atoms with van der Waals surface area (Å²) in [6.07, 6.45) is -0.884. The quantitative estimate of drug-likeness (QED) is 0.609. The molecule has 152 valence electrons. The first-order valence-corrected chi connectivity index (χ1v) is 9.27. The molecule has 2 heterocycles. The first kappa shape index (κ1) is 21.4. The van der Waals surface area contributed by atoms with E-state index in [1.165, 1.54) is 4.57 Å². The van der Waals surface area contributed by atoms with Crippen LogP contribution in [0.1, 0.15) is 50.7 Å². The molecule has 0 saturated carbocycles. The number of carbonyl (C=O) groups excluding carboxylic acids is 2. The third-order valence-electron chi connectivity index (χ3n) is 4.71. The molecule has 1 saturated heterocycles. The fraction of sp³-hybridized carbons (Fsp3) is 0.765. The van der Waals surface area contributed by atoms with Gasteiger partial charge in [-0.1, -0.05) is 6.92 Å². The maximum absolute atomic E-state index is 12.9. The van der Waals surface area contributed by atoms with Crippen LogP contribution in [0, 0.1) is 5.92 Å². The van der Waals surface area contributed by atoms with E-state index >= 15 is 0 Å². The molecule has 1 aliphatic heterocycles. The van der Waals surface area contributed by atoms with Crippen LogP contribution < -0.4 is 11.5 Å². The predicted molar refractivity (Wildman–Crippen MR) is 94.9 cm³/mol. The fourth-order valence-corrected chi connectivity index (χ4v) is 3.34. The van der Waals surface area contributed by atoms with E-state index in [1.807, 2.05) is 0 Å². The molecule has 4 N–H and O–H groups in total. The molecular formula is C17H28F2N6O2. The Balaban J connectivity index is 1.84. The van der Waals surface area contributed by atoms with Gasteiger partial charge in [0.2, 0.25) is 5.91 Å². The molecule has 0 spiro atoms. The summed E-state index contributed by atoms with van der Waals surface area (Å²) in [6, 6.07) is -0.440. The molecule has 2 rings (SSSR count). The molecule has 1 fully saturated rings. The number of ketones is 1. The van der Waals surface area contributed by atoms with Crippen LogP contribution in [-0.4, -0.2) is 57.0 Å². The Morgan fingerprint density at radius 3 is 2.78 bits per heavy atom. The van der Waals surface area contributed by atoms with Gasteiger partial charge >= 0.3 is 0 Å². The molecule has 1 amide bonds. The summed E-state index contributed by atoms with van der Waals surface area (Å²) in [6.45, 7) is 3.45. The van der Waals surface area contributed by atoms with Crippen LogP contribution in [0.15, 0.2) is 0 Å². The number of hydrogen-bond acceptors (Lipinski definition) is 6. The van der Waals surface area contributed by atoms with Gasteiger partial charge in [-0.25, -0.2) is 8.78 Å². The van der Waals surface area contributed by atoms with Crippen molar-refractivity contribution < 1.29 is 18.4 Å². The third-order valence-corrected chi connectivity index (χ3v) is 4.71. The largest absolute Gasteiger partial charge is 0.341 e. The number of Topliss-reactive ketones (excluding diaryl/α,β-unsaturated/α-hetero) is 1. The number of carbonyl (C=O) groups is 2. The summed E-state index contributed by atoms with van der Waals surface area (Å²) >= 11 is 0. The van der Waals surface area contributed by atoms with Crippen LogP contribution in [-0.2, 0) is 22.6 Å². The standard InChI is InChI=1S/C17H28F2N6O2/c1-11-2-5-15(27)24(9-11)10-12(21)8-13(26)3-4-14-22-23-17(16(18)19)25(14)7-6-20/h11-12,16H,2-10,20-21H2,1H3/t11-,12-/m0/s1. The molecule has 0 aliphatic carbocycles. The average Bonchev–Trinajstić information content (AvgIpc) is 2.99. The van der Waals surface area contributed by atoms with Crippen molar-refractivity contribution in [2.45, 2.75) is 58.0 Å². The number of piperidine rings is 1. The van der Waals surface area contributed by atoms with Crippen LogP contribution in [0.3, 0.4) is 0 Å². The van der Waals surface area contributed by atoms with Crippen molar-refractivity contribution in [2.75, 3.05) is 19.6 Å². The highest BCUT2D eigenvalue weighted by Crippen LogP contribution is 2.19. The van der Waals surface area contributed by atoms with Gasteiger partial charge in [-0.3, -0.25) is 9.59 Å². The maximum Gasteiger partial charge on any atom is 0.297 e. The highest BCUT2D eigenvalue weighted by atomic mass is 19.3. The molecule has 1 aromatic heterocycles. The Morgan fingerprint density at radius 1 is 1.37 bits per heavy atom. The normalized spacial score (nSPS) is 19.0. The lowest BCUT2D eigenvalue weighted by molar-refractivity contribution is -0.135. The Labute approximate surface area is 157 Å². The van der Waals surface area contributed by atoms with Crippen LogP contribution in [0.5, 0.6) is 0 Å². The minimum atomic E-state index is -2.74. The van der Waals surface area contributed by atoms with E-state index in [1.54, 1.807) is 4.90 Å². The van der Waals surface area contributed by atoms with Crippen molar-refractivity contribution in [2.24, 2.45) is 17.4 Å². The Kier molecular flexibility index (Phi) is 7.78. The van der Waals surface area contributed by atoms with Crippen molar-refractivity contribution in [3.8, 4) is 0 Å². The van der Waals surface area contributed by atoms with Crippen LogP contribution in [0.2, 0.25) is 0 Å². The van der Waals surface area contributed by atoms with E-state index in [4.69, 9.17) is 11.5 Å². The van der Waals surface area contributed by atoms with Crippen LogP contribution >= 0.6 is 0 Å². The fourth-order valence-electron chi connectivity index (χ4n) is 3.34. The molecule has 27 heavy (non-hydrogen) atoms. The highest BCUT2D eigenvalue weighted by molar-refractivity contribution is 5.79. The van der Waals surface area contributed by atoms with Gasteiger partial charge in [0.1, 0.15) is 11.6 Å². The minimum Gasteiger partial charge on any atom is -0.341 e. The van der Waals surface area contributed by atoms with Crippen molar-refractivity contribution in [3.05, 3.63) is 11.6 Å². The molecule has 0 aromatic carbocycles. The summed E-state index contributed by atoms with van der Waals surface area (Å²) in [5, 5.41) is 7.25. The zero-order chi connectivity index (χ0) is 20.0. The van der Waals surface area contributed by atoms with Gasteiger partial charge in [0, 0.05) is 57.9 Å². The van der Waals surface area contributed by atoms with E-state index < -0.39 is 18.3 Å². The molecular weight excluding hydrogens is 358 g/mol. The van der Waals surface area contributed by atoms with Crippen LogP contribution in [0.25, 0.3) is 0 Å². The Bertz CT molecular complexity index is 651.